The van der Waals surface area contributed by atoms with E-state index in [4.69, 9.17) is 17.5 Å². The van der Waals surface area contributed by atoms with Crippen molar-refractivity contribution in [3.63, 3.8) is 0 Å². The smallest absolute Gasteiger partial charge is 0.264 e. The molecule has 1 saturated heterocycles. The quantitative estimate of drug-likeness (QED) is 0.360. The minimum atomic E-state index is -4.67. The summed E-state index contributed by atoms with van der Waals surface area (Å²) in [6.07, 6.45) is 0. The minimum absolute atomic E-state index is 3.35. The molecule has 0 aromatic heterocycles. The largest absolute Gasteiger partial charge is 0.457 e. The monoisotopic (exact) mass is 210 g/mol. The molecule has 0 saturated carbocycles. The normalized spacial score (nSPS) is 20.9. The zero-order valence-corrected chi connectivity index (χ0v) is 6.20. The number of rotatable bonds is 0. The maximum atomic E-state index is 9.52. The molecule has 0 aromatic carbocycles. The van der Waals surface area contributed by atoms with Gasteiger partial charge in [0.15, 0.2) is 0 Å². The summed E-state index contributed by atoms with van der Waals surface area (Å²) in [4.78, 5) is 0. The molecule has 1 rings (SSSR count). The van der Waals surface area contributed by atoms with E-state index in [-0.39, 0.29) is 0 Å². The Morgan fingerprint density at radius 3 is 1.27 bits per heavy atom. The van der Waals surface area contributed by atoms with Gasteiger partial charge in [0.05, 0.1) is 0 Å². The van der Waals surface area contributed by atoms with Gasteiger partial charge in [0, 0.05) is 0 Å². The maximum absolute atomic E-state index is 9.52. The van der Waals surface area contributed by atoms with Gasteiger partial charge < -0.3 is 0 Å². The summed E-state index contributed by atoms with van der Waals surface area (Å²) in [7, 11) is -8.37. The molecular formula is H2O9S2. The third-order valence-electron chi connectivity index (χ3n) is 0.222. The van der Waals surface area contributed by atoms with Gasteiger partial charge in [-0.1, -0.05) is 0 Å². The van der Waals surface area contributed by atoms with Crippen molar-refractivity contribution in [1.29, 1.82) is 0 Å². The molecule has 0 aromatic rings. The zero-order valence-electron chi connectivity index (χ0n) is 4.57. The molecule has 0 unspecified atom stereocenters. The predicted octanol–water partition coefficient (Wildman–Crippen LogP) is -1.53. The summed E-state index contributed by atoms with van der Waals surface area (Å²) in [6.45, 7) is 0. The molecule has 11 heavy (non-hydrogen) atoms. The Hall–Kier alpha value is -0.300. The Morgan fingerprint density at radius 2 is 1.27 bits per heavy atom. The highest BCUT2D eigenvalue weighted by Gasteiger charge is 2.26. The standard InChI is InChI=1S/O5S.H2O4S/c1-6(2)4-3-5-6;1-5(2,3)4/h;(H2,1,2,3,4). The number of hydrogen-bond acceptors (Lipinski definition) is 7. The molecule has 1 aliphatic rings. The van der Waals surface area contributed by atoms with E-state index in [1.165, 1.54) is 0 Å². The van der Waals surface area contributed by atoms with E-state index in [1.54, 1.807) is 0 Å². The second-order valence-corrected chi connectivity index (χ2v) is 3.04. The first-order valence-corrected chi connectivity index (χ1v) is 4.43. The van der Waals surface area contributed by atoms with Gasteiger partial charge in [-0.3, -0.25) is 9.11 Å². The maximum Gasteiger partial charge on any atom is 0.457 e. The van der Waals surface area contributed by atoms with Crippen LogP contribution in [0.4, 0.5) is 0 Å². The molecule has 11 heteroatoms. The van der Waals surface area contributed by atoms with E-state index >= 15 is 0 Å². The van der Waals surface area contributed by atoms with Crippen molar-refractivity contribution >= 4 is 20.8 Å². The van der Waals surface area contributed by atoms with Gasteiger partial charge in [-0.25, -0.2) is 0 Å². The van der Waals surface area contributed by atoms with Crippen LogP contribution in [0.5, 0.6) is 0 Å². The summed E-state index contributed by atoms with van der Waals surface area (Å²) in [5.74, 6) is 0. The van der Waals surface area contributed by atoms with Crippen molar-refractivity contribution < 1.29 is 39.6 Å². The Morgan fingerprint density at radius 1 is 1.09 bits per heavy atom. The molecule has 0 amide bonds. The molecule has 2 N–H and O–H groups in total. The summed E-state index contributed by atoms with van der Waals surface area (Å²) in [5.41, 5.74) is 0. The minimum Gasteiger partial charge on any atom is -0.264 e. The van der Waals surface area contributed by atoms with Crippen molar-refractivity contribution in [2.45, 2.75) is 0 Å². The first-order chi connectivity index (χ1) is 4.71. The lowest BCUT2D eigenvalue weighted by atomic mass is 14.5. The molecule has 0 radical (unpaired) electrons. The van der Waals surface area contributed by atoms with E-state index in [2.05, 4.69) is 13.7 Å². The molecule has 0 spiro atoms. The van der Waals surface area contributed by atoms with Crippen molar-refractivity contribution in [2.24, 2.45) is 0 Å². The third kappa shape index (κ3) is 9.70. The van der Waals surface area contributed by atoms with Crippen LogP contribution in [-0.2, 0) is 34.5 Å². The van der Waals surface area contributed by atoms with Crippen LogP contribution in [-0.4, -0.2) is 25.9 Å². The Labute approximate surface area is 61.2 Å². The Kier molecular flexibility index (Phi) is 3.30. The van der Waals surface area contributed by atoms with E-state index in [1.807, 2.05) is 0 Å². The van der Waals surface area contributed by atoms with Gasteiger partial charge in [-0.05, 0) is 13.7 Å². The average molecular weight is 210 g/mol. The average Bonchev–Trinajstić information content (AvgIpc) is 1.57. The van der Waals surface area contributed by atoms with Crippen LogP contribution >= 0.6 is 0 Å². The van der Waals surface area contributed by atoms with Crippen LogP contribution in [0.25, 0.3) is 0 Å². The highest BCUT2D eigenvalue weighted by Crippen LogP contribution is 2.07. The molecule has 0 atom stereocenters. The SMILES string of the molecule is O=S(=O)(O)O.O=S1(=O)OOO1. The zero-order chi connectivity index (χ0) is 9.12. The van der Waals surface area contributed by atoms with E-state index < -0.39 is 20.8 Å². The lowest BCUT2D eigenvalue weighted by Gasteiger charge is -2.05. The van der Waals surface area contributed by atoms with Crippen LogP contribution in [0, 0.1) is 0 Å². The molecule has 0 bridgehead atoms. The van der Waals surface area contributed by atoms with Gasteiger partial charge in [-0.2, -0.15) is 16.8 Å². The predicted molar refractivity (Wildman–Crippen MR) is 26.4 cm³/mol. The number of hydrogen-bond donors (Lipinski definition) is 2. The molecule has 1 aliphatic heterocycles. The van der Waals surface area contributed by atoms with E-state index in [9.17, 15) is 8.42 Å². The fraction of sp³-hybridized carbons (Fsp3) is 0. The van der Waals surface area contributed by atoms with Crippen molar-refractivity contribution in [3.05, 3.63) is 0 Å². The van der Waals surface area contributed by atoms with Gasteiger partial charge in [-0.15, -0.1) is 0 Å². The topological polar surface area (TPSA) is 136 Å². The molecule has 0 aliphatic carbocycles. The van der Waals surface area contributed by atoms with Gasteiger partial charge >= 0.3 is 20.8 Å². The van der Waals surface area contributed by atoms with E-state index in [0.717, 1.165) is 0 Å². The van der Waals surface area contributed by atoms with Crippen molar-refractivity contribution in [3.8, 4) is 0 Å². The lowest BCUT2D eigenvalue weighted by Crippen LogP contribution is -2.20. The molecule has 1 fully saturated rings. The molecular weight excluding hydrogens is 208 g/mol. The van der Waals surface area contributed by atoms with Gasteiger partial charge in [0.1, 0.15) is 0 Å². The Balaban J connectivity index is 0.000000187. The highest BCUT2D eigenvalue weighted by molar-refractivity contribution is 7.82. The lowest BCUT2D eigenvalue weighted by molar-refractivity contribution is -0.477. The second kappa shape index (κ2) is 3.40. The van der Waals surface area contributed by atoms with Crippen LogP contribution in [0.3, 0.4) is 0 Å². The first kappa shape index (κ1) is 10.7. The van der Waals surface area contributed by atoms with Crippen LogP contribution in [0.15, 0.2) is 0 Å². The highest BCUT2D eigenvalue weighted by atomic mass is 32.3. The van der Waals surface area contributed by atoms with Crippen LogP contribution in [0.1, 0.15) is 0 Å². The van der Waals surface area contributed by atoms with Crippen molar-refractivity contribution in [1.82, 2.24) is 0 Å². The summed E-state index contributed by atoms with van der Waals surface area (Å²) >= 11 is 0. The second-order valence-electron chi connectivity index (χ2n) is 1.06. The summed E-state index contributed by atoms with van der Waals surface area (Å²) in [6, 6.07) is 0. The summed E-state index contributed by atoms with van der Waals surface area (Å²) in [5, 5.41) is 3.35. The van der Waals surface area contributed by atoms with E-state index in [0.29, 0.717) is 0 Å². The Bertz CT molecular complexity index is 270. The fourth-order valence-electron chi connectivity index (χ4n) is 0.0731. The van der Waals surface area contributed by atoms with Crippen LogP contribution in [0.2, 0.25) is 0 Å². The fourth-order valence-corrected chi connectivity index (χ4v) is 0.219. The third-order valence-corrected chi connectivity index (χ3v) is 0.667. The first-order valence-electron chi connectivity index (χ1n) is 1.70. The summed E-state index contributed by atoms with van der Waals surface area (Å²) < 4.78 is 57.4. The van der Waals surface area contributed by atoms with Crippen molar-refractivity contribution in [2.75, 3.05) is 0 Å². The molecule has 9 nitrogen and oxygen atoms in total. The van der Waals surface area contributed by atoms with Gasteiger partial charge in [0.2, 0.25) is 0 Å². The molecule has 1 heterocycles. The molecule has 68 valence electrons. The van der Waals surface area contributed by atoms with Gasteiger partial charge in [0.25, 0.3) is 0 Å². The van der Waals surface area contributed by atoms with Crippen LogP contribution < -0.4 is 0 Å².